The Morgan fingerprint density at radius 2 is 1.71 bits per heavy atom. The van der Waals surface area contributed by atoms with Gasteiger partial charge in [-0.1, -0.05) is 44.2 Å². The Labute approximate surface area is 206 Å². The molecule has 9 heteroatoms. The van der Waals surface area contributed by atoms with Gasteiger partial charge >= 0.3 is 0 Å². The standard InChI is InChI=1S/C26H31N3O5S/c1-18(2)25(26(31)27-16-21-9-8-14-34-21)29(23-15-19(3)12-13-20(23)4)24(30)17-28-35(32,33)22-10-6-5-7-11-22/h5-15,18,25,28H,16-17H2,1-4H3,(H,27,31)/t25-/m1/s1. The smallest absolute Gasteiger partial charge is 0.243 e. The molecule has 8 nitrogen and oxygen atoms in total. The van der Waals surface area contributed by atoms with Crippen molar-refractivity contribution in [1.29, 1.82) is 0 Å². The SMILES string of the molecule is Cc1ccc(C)c(N(C(=O)CNS(=O)(=O)c2ccccc2)[C@@H](C(=O)NCc2ccco2)C(C)C)c1. The molecule has 2 amide bonds. The fraction of sp³-hybridized carbons (Fsp3) is 0.308. The summed E-state index contributed by atoms with van der Waals surface area (Å²) >= 11 is 0. The topological polar surface area (TPSA) is 109 Å². The summed E-state index contributed by atoms with van der Waals surface area (Å²) in [5.41, 5.74) is 2.26. The maximum atomic E-state index is 13.6. The van der Waals surface area contributed by atoms with Crippen LogP contribution in [0.2, 0.25) is 0 Å². The summed E-state index contributed by atoms with van der Waals surface area (Å²) in [4.78, 5) is 28.4. The number of rotatable bonds is 10. The maximum Gasteiger partial charge on any atom is 0.243 e. The fourth-order valence-corrected chi connectivity index (χ4v) is 4.75. The van der Waals surface area contributed by atoms with Gasteiger partial charge in [-0.15, -0.1) is 0 Å². The van der Waals surface area contributed by atoms with Gasteiger partial charge in [0, 0.05) is 5.69 Å². The minimum absolute atomic E-state index is 0.0580. The van der Waals surface area contributed by atoms with Crippen LogP contribution in [0, 0.1) is 19.8 Å². The molecule has 35 heavy (non-hydrogen) atoms. The van der Waals surface area contributed by atoms with Crippen LogP contribution in [-0.4, -0.2) is 32.8 Å². The average molecular weight is 498 g/mol. The Hall–Kier alpha value is -3.43. The molecule has 0 unspecified atom stereocenters. The van der Waals surface area contributed by atoms with Crippen LogP contribution in [0.1, 0.15) is 30.7 Å². The number of carbonyl (C=O) groups excluding carboxylic acids is 2. The maximum absolute atomic E-state index is 13.6. The van der Waals surface area contributed by atoms with Gasteiger partial charge in [0.2, 0.25) is 21.8 Å². The summed E-state index contributed by atoms with van der Waals surface area (Å²) in [6, 6.07) is 16.0. The highest BCUT2D eigenvalue weighted by molar-refractivity contribution is 7.89. The van der Waals surface area contributed by atoms with Gasteiger partial charge in [0.05, 0.1) is 24.2 Å². The number of nitrogens with one attached hydrogen (secondary N) is 2. The Balaban J connectivity index is 1.92. The van der Waals surface area contributed by atoms with Crippen LogP contribution >= 0.6 is 0 Å². The first kappa shape index (κ1) is 26.2. The van der Waals surface area contributed by atoms with E-state index in [-0.39, 0.29) is 23.3 Å². The Bertz CT molecular complexity index is 1260. The van der Waals surface area contributed by atoms with Gasteiger partial charge in [-0.25, -0.2) is 13.1 Å². The molecule has 3 aromatic rings. The number of aryl methyl sites for hydroxylation is 2. The molecule has 0 fully saturated rings. The van der Waals surface area contributed by atoms with Crippen molar-refractivity contribution in [2.24, 2.45) is 5.92 Å². The van der Waals surface area contributed by atoms with Crippen molar-refractivity contribution in [2.75, 3.05) is 11.4 Å². The van der Waals surface area contributed by atoms with Crippen molar-refractivity contribution >= 4 is 27.5 Å². The van der Waals surface area contributed by atoms with Gasteiger partial charge in [0.1, 0.15) is 11.8 Å². The number of nitrogens with zero attached hydrogens (tertiary/aromatic N) is 1. The molecule has 2 N–H and O–H groups in total. The normalized spacial score (nSPS) is 12.4. The molecule has 186 valence electrons. The minimum Gasteiger partial charge on any atom is -0.467 e. The molecule has 1 heterocycles. The van der Waals surface area contributed by atoms with Crippen LogP contribution in [-0.2, 0) is 26.2 Å². The van der Waals surface area contributed by atoms with Crippen LogP contribution in [0.15, 0.2) is 76.2 Å². The highest BCUT2D eigenvalue weighted by Crippen LogP contribution is 2.27. The van der Waals surface area contributed by atoms with Crippen LogP contribution in [0.25, 0.3) is 0 Å². The average Bonchev–Trinajstić information content (AvgIpc) is 3.35. The lowest BCUT2D eigenvalue weighted by atomic mass is 9.98. The quantitative estimate of drug-likeness (QED) is 0.445. The molecule has 1 aromatic heterocycles. The largest absolute Gasteiger partial charge is 0.467 e. The summed E-state index contributed by atoms with van der Waals surface area (Å²) in [5.74, 6) is -0.580. The van der Waals surface area contributed by atoms with E-state index < -0.39 is 28.5 Å². The lowest BCUT2D eigenvalue weighted by Gasteiger charge is -2.34. The van der Waals surface area contributed by atoms with E-state index in [2.05, 4.69) is 10.0 Å². The molecule has 3 rings (SSSR count). The number of hydrogen-bond donors (Lipinski definition) is 2. The highest BCUT2D eigenvalue weighted by Gasteiger charge is 2.35. The van der Waals surface area contributed by atoms with E-state index >= 15 is 0 Å². The molecule has 2 aromatic carbocycles. The molecule has 0 saturated heterocycles. The molecule has 0 spiro atoms. The Morgan fingerprint density at radius 1 is 1.00 bits per heavy atom. The number of anilines is 1. The van der Waals surface area contributed by atoms with E-state index in [1.165, 1.54) is 23.3 Å². The predicted molar refractivity (Wildman–Crippen MR) is 134 cm³/mol. The second kappa shape index (κ2) is 11.3. The van der Waals surface area contributed by atoms with Gasteiger partial charge in [-0.2, -0.15) is 0 Å². The molecular formula is C26H31N3O5S. The number of amides is 2. The molecule has 0 saturated carbocycles. The first-order chi connectivity index (χ1) is 16.6. The summed E-state index contributed by atoms with van der Waals surface area (Å²) < 4.78 is 33.1. The molecule has 1 atom stereocenters. The van der Waals surface area contributed by atoms with E-state index in [4.69, 9.17) is 4.42 Å². The zero-order valence-corrected chi connectivity index (χ0v) is 21.1. The van der Waals surface area contributed by atoms with Crippen LogP contribution in [0.5, 0.6) is 0 Å². The third-order valence-electron chi connectivity index (χ3n) is 5.56. The lowest BCUT2D eigenvalue weighted by molar-refractivity contribution is -0.127. The predicted octanol–water partition coefficient (Wildman–Crippen LogP) is 3.55. The first-order valence-electron chi connectivity index (χ1n) is 11.3. The third-order valence-corrected chi connectivity index (χ3v) is 6.97. The van der Waals surface area contributed by atoms with Crippen molar-refractivity contribution in [2.45, 2.75) is 45.2 Å². The van der Waals surface area contributed by atoms with E-state index in [9.17, 15) is 18.0 Å². The van der Waals surface area contributed by atoms with E-state index in [1.54, 1.807) is 30.3 Å². The van der Waals surface area contributed by atoms with Gasteiger partial charge in [-0.05, 0) is 61.2 Å². The van der Waals surface area contributed by atoms with Gasteiger partial charge in [0.25, 0.3) is 0 Å². The van der Waals surface area contributed by atoms with E-state index in [0.29, 0.717) is 11.4 Å². The van der Waals surface area contributed by atoms with Crippen molar-refractivity contribution in [3.05, 3.63) is 83.8 Å². The fourth-order valence-electron chi connectivity index (χ4n) is 3.75. The molecule has 0 aliphatic carbocycles. The zero-order valence-electron chi connectivity index (χ0n) is 20.3. The molecule has 0 bridgehead atoms. The molecule has 0 aliphatic heterocycles. The summed E-state index contributed by atoms with van der Waals surface area (Å²) in [6.07, 6.45) is 1.52. The molecular weight excluding hydrogens is 466 g/mol. The van der Waals surface area contributed by atoms with Crippen molar-refractivity contribution in [3.8, 4) is 0 Å². The summed E-state index contributed by atoms with van der Waals surface area (Å²) in [5, 5.41) is 2.84. The van der Waals surface area contributed by atoms with Crippen LogP contribution in [0.4, 0.5) is 5.69 Å². The van der Waals surface area contributed by atoms with Crippen LogP contribution in [0.3, 0.4) is 0 Å². The number of furan rings is 1. The Kier molecular flexibility index (Phi) is 8.48. The van der Waals surface area contributed by atoms with Gasteiger partial charge in [0.15, 0.2) is 0 Å². The van der Waals surface area contributed by atoms with Gasteiger partial charge < -0.3 is 9.73 Å². The van der Waals surface area contributed by atoms with Gasteiger partial charge in [-0.3, -0.25) is 14.5 Å². The van der Waals surface area contributed by atoms with Crippen LogP contribution < -0.4 is 14.9 Å². The minimum atomic E-state index is -3.91. The monoisotopic (exact) mass is 497 g/mol. The number of hydrogen-bond acceptors (Lipinski definition) is 5. The van der Waals surface area contributed by atoms with Crippen molar-refractivity contribution in [3.63, 3.8) is 0 Å². The second-order valence-corrected chi connectivity index (χ2v) is 10.4. The van der Waals surface area contributed by atoms with E-state index in [0.717, 1.165) is 11.1 Å². The van der Waals surface area contributed by atoms with Crippen molar-refractivity contribution in [1.82, 2.24) is 10.0 Å². The third kappa shape index (κ3) is 6.58. The first-order valence-corrected chi connectivity index (χ1v) is 12.8. The molecule has 0 radical (unpaired) electrons. The molecule has 0 aliphatic rings. The number of benzene rings is 2. The second-order valence-electron chi connectivity index (χ2n) is 8.68. The lowest BCUT2D eigenvalue weighted by Crippen LogP contribution is -2.55. The zero-order chi connectivity index (χ0) is 25.6. The summed E-state index contributed by atoms with van der Waals surface area (Å²) in [7, 11) is -3.91. The number of carbonyl (C=O) groups is 2. The summed E-state index contributed by atoms with van der Waals surface area (Å²) in [6.45, 7) is 7.10. The Morgan fingerprint density at radius 3 is 2.34 bits per heavy atom. The van der Waals surface area contributed by atoms with E-state index in [1.807, 2.05) is 45.9 Å². The number of sulfonamides is 1. The van der Waals surface area contributed by atoms with Crippen molar-refractivity contribution < 1.29 is 22.4 Å². The highest BCUT2D eigenvalue weighted by atomic mass is 32.2.